The topological polar surface area (TPSA) is 31.2 Å². The molecule has 1 heterocycles. The van der Waals surface area contributed by atoms with Gasteiger partial charge in [-0.3, -0.25) is 10.1 Å². The van der Waals surface area contributed by atoms with Crippen LogP contribution in [0.5, 0.6) is 0 Å². The molecule has 0 amide bonds. The van der Waals surface area contributed by atoms with Crippen molar-refractivity contribution in [1.82, 2.24) is 5.32 Å². The number of hydrogen-bond acceptors (Lipinski definition) is 1. The number of carbonyl (C=O) groups excluding carboxylic acids is 1. The Labute approximate surface area is 54.7 Å². The van der Waals surface area contributed by atoms with Gasteiger partial charge in [0.1, 0.15) is 12.1 Å². The fourth-order valence-corrected chi connectivity index (χ4v) is 0.553. The molecule has 1 rings (SSSR count). The van der Waals surface area contributed by atoms with E-state index in [1.54, 1.807) is 6.20 Å². The standard InChI is InChI=1S/C5H2F3NO/c6-5(7,8)3-1-9-2-4(3)10/h2H2. The number of nitrogens with zero attached hydrogens (tertiary/aromatic N) is 1. The molecule has 0 atom stereocenters. The Bertz CT molecular complexity index is 194. The summed E-state index contributed by atoms with van der Waals surface area (Å²) in [6, 6.07) is 0. The van der Waals surface area contributed by atoms with Gasteiger partial charge in [0.25, 0.3) is 0 Å². The first kappa shape index (κ1) is 7.11. The van der Waals surface area contributed by atoms with E-state index < -0.39 is 24.1 Å². The lowest BCUT2D eigenvalue weighted by Gasteiger charge is -2.02. The molecule has 0 spiro atoms. The number of halogens is 3. The van der Waals surface area contributed by atoms with Gasteiger partial charge in [-0.15, -0.1) is 0 Å². The fraction of sp³-hybridized carbons (Fsp3) is 0.400. The smallest absolute Gasteiger partial charge is 0.292 e. The molecular formula is C5H2F3NO. The molecule has 54 valence electrons. The molecule has 5 heteroatoms. The van der Waals surface area contributed by atoms with Crippen molar-refractivity contribution in [2.45, 2.75) is 6.18 Å². The molecule has 0 N–H and O–H groups in total. The van der Waals surface area contributed by atoms with Crippen molar-refractivity contribution in [3.63, 3.8) is 0 Å². The Morgan fingerprint density at radius 1 is 1.50 bits per heavy atom. The molecule has 0 saturated carbocycles. The molecule has 1 aliphatic rings. The van der Waals surface area contributed by atoms with Crippen molar-refractivity contribution >= 4 is 5.78 Å². The van der Waals surface area contributed by atoms with Crippen LogP contribution in [0.2, 0.25) is 0 Å². The molecule has 0 aromatic rings. The van der Waals surface area contributed by atoms with E-state index in [-0.39, 0.29) is 0 Å². The summed E-state index contributed by atoms with van der Waals surface area (Å²) in [4.78, 5) is 10.3. The zero-order chi connectivity index (χ0) is 7.78. The van der Waals surface area contributed by atoms with Crippen LogP contribution in [0.25, 0.3) is 0 Å². The summed E-state index contributed by atoms with van der Waals surface area (Å²) in [6.07, 6.45) is -2.97. The number of Topliss-reactive ketones (excluding diaryl/α,β-unsaturated/α-hetero) is 1. The Hall–Kier alpha value is -1.00. The third-order valence-corrected chi connectivity index (χ3v) is 0.976. The average molecular weight is 149 g/mol. The van der Waals surface area contributed by atoms with Crippen molar-refractivity contribution < 1.29 is 18.0 Å². The maximum absolute atomic E-state index is 11.6. The number of alkyl halides is 3. The summed E-state index contributed by atoms with van der Waals surface area (Å²) < 4.78 is 34.9. The maximum Gasteiger partial charge on any atom is 0.422 e. The van der Waals surface area contributed by atoms with E-state index in [4.69, 9.17) is 0 Å². The molecule has 0 aromatic heterocycles. The molecule has 0 saturated heterocycles. The third-order valence-electron chi connectivity index (χ3n) is 0.976. The molecule has 0 bridgehead atoms. The van der Waals surface area contributed by atoms with E-state index in [2.05, 4.69) is 5.32 Å². The van der Waals surface area contributed by atoms with E-state index >= 15 is 0 Å². The Morgan fingerprint density at radius 2 is 2.10 bits per heavy atom. The maximum atomic E-state index is 11.6. The van der Waals surface area contributed by atoms with E-state index in [1.165, 1.54) is 0 Å². The Kier molecular flexibility index (Phi) is 1.42. The largest absolute Gasteiger partial charge is 0.422 e. The predicted octanol–water partition coefficient (Wildman–Crippen LogP) is 0.423. The van der Waals surface area contributed by atoms with Crippen LogP contribution in [0.4, 0.5) is 13.2 Å². The van der Waals surface area contributed by atoms with Gasteiger partial charge < -0.3 is 0 Å². The Balaban J connectivity index is 2.82. The van der Waals surface area contributed by atoms with Gasteiger partial charge in [0, 0.05) is 0 Å². The highest BCUT2D eigenvalue weighted by molar-refractivity contribution is 5.99. The van der Waals surface area contributed by atoms with Gasteiger partial charge in [-0.05, 0) is 0 Å². The summed E-state index contributed by atoms with van der Waals surface area (Å²) >= 11 is 0. The second kappa shape index (κ2) is 2.00. The zero-order valence-electron chi connectivity index (χ0n) is 4.70. The highest BCUT2D eigenvalue weighted by Gasteiger charge is 2.41. The molecule has 0 fully saturated rings. The summed E-state index contributed by atoms with van der Waals surface area (Å²) in [7, 11) is 0. The highest BCUT2D eigenvalue weighted by Crippen LogP contribution is 2.27. The van der Waals surface area contributed by atoms with Crippen LogP contribution in [0.15, 0.2) is 5.57 Å². The molecule has 1 aliphatic heterocycles. The number of hydrogen-bond donors (Lipinski definition) is 0. The average Bonchev–Trinajstić information content (AvgIpc) is 2.11. The lowest BCUT2D eigenvalue weighted by molar-refractivity contribution is -0.126. The molecular weight excluding hydrogens is 147 g/mol. The van der Waals surface area contributed by atoms with Gasteiger partial charge in [0.2, 0.25) is 0 Å². The van der Waals surface area contributed by atoms with E-state index in [9.17, 15) is 18.0 Å². The first-order valence-corrected chi connectivity index (χ1v) is 2.41. The van der Waals surface area contributed by atoms with Gasteiger partial charge in [0.05, 0.1) is 6.20 Å². The van der Waals surface area contributed by atoms with Crippen LogP contribution >= 0.6 is 0 Å². The summed E-state index contributed by atoms with van der Waals surface area (Å²) in [5.41, 5.74) is -1.27. The number of ketones is 1. The minimum absolute atomic E-state index is 0.422. The van der Waals surface area contributed by atoms with Crippen LogP contribution in [-0.4, -0.2) is 18.5 Å². The summed E-state index contributed by atoms with van der Waals surface area (Å²) in [5, 5.41) is 3.06. The molecule has 2 nitrogen and oxygen atoms in total. The normalized spacial score (nSPS) is 18.7. The van der Waals surface area contributed by atoms with Gasteiger partial charge >= 0.3 is 6.18 Å². The molecule has 0 aliphatic carbocycles. The van der Waals surface area contributed by atoms with Crippen molar-refractivity contribution in [2.75, 3.05) is 6.54 Å². The fourth-order valence-electron chi connectivity index (χ4n) is 0.553. The van der Waals surface area contributed by atoms with Crippen molar-refractivity contribution in [3.05, 3.63) is 11.8 Å². The van der Waals surface area contributed by atoms with E-state index in [1.807, 2.05) is 0 Å². The lowest BCUT2D eigenvalue weighted by atomic mass is 10.2. The lowest BCUT2D eigenvalue weighted by Crippen LogP contribution is -2.18. The minimum atomic E-state index is -4.59. The molecule has 10 heavy (non-hydrogen) atoms. The number of carbonyl (C=O) groups is 1. The Morgan fingerprint density at radius 3 is 2.30 bits per heavy atom. The third kappa shape index (κ3) is 1.12. The minimum Gasteiger partial charge on any atom is -0.292 e. The van der Waals surface area contributed by atoms with E-state index in [0.29, 0.717) is 0 Å². The van der Waals surface area contributed by atoms with Crippen molar-refractivity contribution in [2.24, 2.45) is 0 Å². The molecule has 0 unspecified atom stereocenters. The summed E-state index contributed by atoms with van der Waals surface area (Å²) in [5.74, 6) is -1.01. The van der Waals surface area contributed by atoms with Crippen molar-refractivity contribution in [3.8, 4) is 0 Å². The van der Waals surface area contributed by atoms with Crippen molar-refractivity contribution in [1.29, 1.82) is 0 Å². The zero-order valence-corrected chi connectivity index (χ0v) is 4.70. The molecule has 0 aromatic carbocycles. The van der Waals surface area contributed by atoms with Gasteiger partial charge in [-0.2, -0.15) is 13.2 Å². The second-order valence-corrected chi connectivity index (χ2v) is 1.72. The van der Waals surface area contributed by atoms with Gasteiger partial charge in [0.15, 0.2) is 5.78 Å². The van der Waals surface area contributed by atoms with Crippen LogP contribution in [0.3, 0.4) is 0 Å². The predicted molar refractivity (Wildman–Crippen MR) is 24.8 cm³/mol. The van der Waals surface area contributed by atoms with Crippen LogP contribution in [-0.2, 0) is 4.79 Å². The molecule has 2 radical (unpaired) electrons. The van der Waals surface area contributed by atoms with Crippen LogP contribution < -0.4 is 5.32 Å². The first-order valence-electron chi connectivity index (χ1n) is 2.41. The monoisotopic (exact) mass is 149 g/mol. The number of rotatable bonds is 0. The van der Waals surface area contributed by atoms with Gasteiger partial charge in [-0.1, -0.05) is 0 Å². The van der Waals surface area contributed by atoms with E-state index in [0.717, 1.165) is 0 Å². The first-order chi connectivity index (χ1) is 4.52. The second-order valence-electron chi connectivity index (χ2n) is 1.72. The van der Waals surface area contributed by atoms with Gasteiger partial charge in [-0.25, -0.2) is 0 Å². The summed E-state index contributed by atoms with van der Waals surface area (Å²) in [6.45, 7) is -0.422. The van der Waals surface area contributed by atoms with Crippen LogP contribution in [0, 0.1) is 6.20 Å². The quantitative estimate of drug-likeness (QED) is 0.491. The SMILES string of the molecule is O=C1C[N][C]=C1C(F)(F)F. The van der Waals surface area contributed by atoms with Crippen LogP contribution in [0.1, 0.15) is 0 Å². The highest BCUT2D eigenvalue weighted by atomic mass is 19.4.